The van der Waals surface area contributed by atoms with Crippen LogP contribution < -0.4 is 5.32 Å². The molecule has 2 rings (SSSR count). The Kier molecular flexibility index (Phi) is 5.59. The number of hydrogen-bond acceptors (Lipinski definition) is 2. The second-order valence-corrected chi connectivity index (χ2v) is 5.72. The summed E-state index contributed by atoms with van der Waals surface area (Å²) in [6, 6.07) is 18.8. The van der Waals surface area contributed by atoms with Gasteiger partial charge in [0.15, 0.2) is 0 Å². The Morgan fingerprint density at radius 1 is 0.955 bits per heavy atom. The lowest BCUT2D eigenvalue weighted by Crippen LogP contribution is -2.30. The number of nitrogens with one attached hydrogen (secondary N) is 1. The van der Waals surface area contributed by atoms with E-state index in [0.717, 1.165) is 0 Å². The van der Waals surface area contributed by atoms with Gasteiger partial charge in [0.25, 0.3) is 0 Å². The normalized spacial score (nSPS) is 12.0. The van der Waals surface area contributed by atoms with Crippen LogP contribution in [0.15, 0.2) is 54.6 Å². The Morgan fingerprint density at radius 3 is 2.14 bits per heavy atom. The zero-order chi connectivity index (χ0) is 15.9. The summed E-state index contributed by atoms with van der Waals surface area (Å²) in [6.07, 6.45) is -0.455. The van der Waals surface area contributed by atoms with Crippen molar-refractivity contribution in [2.24, 2.45) is 0 Å². The second kappa shape index (κ2) is 7.64. The maximum Gasteiger partial charge on any atom is 0.407 e. The number of benzene rings is 2. The molecule has 2 aromatic rings. The van der Waals surface area contributed by atoms with Gasteiger partial charge in [-0.2, -0.15) is 0 Å². The lowest BCUT2D eigenvalue weighted by atomic mass is 9.97. The molecule has 0 aromatic heterocycles. The van der Waals surface area contributed by atoms with E-state index in [2.05, 4.69) is 48.6 Å². The van der Waals surface area contributed by atoms with E-state index in [-0.39, 0.29) is 18.1 Å². The average Bonchev–Trinajstić information content (AvgIpc) is 2.53. The van der Waals surface area contributed by atoms with Gasteiger partial charge in [-0.3, -0.25) is 0 Å². The summed E-state index contributed by atoms with van der Waals surface area (Å²) in [5.74, 6) is 0.240. The largest absolute Gasteiger partial charge is 0.447 e. The van der Waals surface area contributed by atoms with E-state index >= 15 is 0 Å². The van der Waals surface area contributed by atoms with Crippen molar-refractivity contribution in [2.75, 3.05) is 6.54 Å². The Labute approximate surface area is 132 Å². The molecule has 0 bridgehead atoms. The van der Waals surface area contributed by atoms with Crippen molar-refractivity contribution >= 4 is 6.09 Å². The predicted octanol–water partition coefficient (Wildman–Crippen LogP) is 4.59. The van der Waals surface area contributed by atoms with Gasteiger partial charge in [-0.05, 0) is 36.5 Å². The van der Waals surface area contributed by atoms with Crippen molar-refractivity contribution in [1.29, 1.82) is 0 Å². The van der Waals surface area contributed by atoms with Crippen molar-refractivity contribution in [3.63, 3.8) is 0 Å². The molecule has 0 saturated carbocycles. The van der Waals surface area contributed by atoms with Gasteiger partial charge in [0.2, 0.25) is 0 Å². The lowest BCUT2D eigenvalue weighted by Gasteiger charge is -2.15. The van der Waals surface area contributed by atoms with Crippen LogP contribution in [0.1, 0.15) is 32.3 Å². The van der Waals surface area contributed by atoms with Gasteiger partial charge in [0, 0.05) is 6.54 Å². The molecule has 0 spiro atoms. The zero-order valence-corrected chi connectivity index (χ0v) is 13.4. The number of alkyl carbamates (subject to hydrolysis) is 1. The first kappa shape index (κ1) is 16.1. The van der Waals surface area contributed by atoms with Crippen molar-refractivity contribution in [3.05, 3.63) is 60.2 Å². The summed E-state index contributed by atoms with van der Waals surface area (Å²) < 4.78 is 5.06. The quantitative estimate of drug-likeness (QED) is 0.876. The van der Waals surface area contributed by atoms with Crippen molar-refractivity contribution in [1.82, 2.24) is 5.32 Å². The molecular weight excluding hydrogens is 274 g/mol. The molecule has 0 aliphatic carbocycles. The standard InChI is InChI=1S/C19H23NO2/c1-14(2)22-19(21)20-13-15(3)16-9-11-18(12-10-16)17-7-5-4-6-8-17/h4-12,14-15H,13H2,1-3H3,(H,20,21). The summed E-state index contributed by atoms with van der Waals surface area (Å²) >= 11 is 0. The molecule has 1 atom stereocenters. The first-order chi connectivity index (χ1) is 10.6. The van der Waals surface area contributed by atoms with Crippen LogP contribution in [-0.4, -0.2) is 18.7 Å². The van der Waals surface area contributed by atoms with Crippen LogP contribution in [0.5, 0.6) is 0 Å². The van der Waals surface area contributed by atoms with Gasteiger partial charge in [0.05, 0.1) is 6.10 Å². The number of carbonyl (C=O) groups excluding carboxylic acids is 1. The van der Waals surface area contributed by atoms with E-state index in [1.807, 2.05) is 32.0 Å². The summed E-state index contributed by atoms with van der Waals surface area (Å²) in [4.78, 5) is 11.5. The minimum Gasteiger partial charge on any atom is -0.447 e. The second-order valence-electron chi connectivity index (χ2n) is 5.72. The highest BCUT2D eigenvalue weighted by Crippen LogP contribution is 2.22. The minimum atomic E-state index is -0.359. The van der Waals surface area contributed by atoms with Crippen LogP contribution in [0.4, 0.5) is 4.79 Å². The van der Waals surface area contributed by atoms with Crippen molar-refractivity contribution in [3.8, 4) is 11.1 Å². The predicted molar refractivity (Wildman–Crippen MR) is 89.9 cm³/mol. The highest BCUT2D eigenvalue weighted by atomic mass is 16.6. The van der Waals surface area contributed by atoms with Gasteiger partial charge in [-0.25, -0.2) is 4.79 Å². The third-order valence-electron chi connectivity index (χ3n) is 3.48. The number of rotatable bonds is 5. The summed E-state index contributed by atoms with van der Waals surface area (Å²) in [6.45, 7) is 6.33. The van der Waals surface area contributed by atoms with Crippen molar-refractivity contribution < 1.29 is 9.53 Å². The Bertz CT molecular complexity index is 591. The first-order valence-corrected chi connectivity index (χ1v) is 7.66. The number of carbonyl (C=O) groups is 1. The van der Waals surface area contributed by atoms with Crippen LogP contribution in [0.3, 0.4) is 0 Å². The number of ether oxygens (including phenoxy) is 1. The molecule has 0 aliphatic rings. The van der Waals surface area contributed by atoms with Gasteiger partial charge >= 0.3 is 6.09 Å². The molecule has 0 heterocycles. The van der Waals surface area contributed by atoms with E-state index < -0.39 is 0 Å². The molecule has 1 N–H and O–H groups in total. The smallest absolute Gasteiger partial charge is 0.407 e. The Morgan fingerprint density at radius 2 is 1.55 bits per heavy atom. The average molecular weight is 297 g/mol. The number of amides is 1. The van der Waals surface area contributed by atoms with E-state index in [1.165, 1.54) is 16.7 Å². The Balaban J connectivity index is 1.94. The molecule has 0 radical (unpaired) electrons. The van der Waals surface area contributed by atoms with E-state index in [4.69, 9.17) is 4.74 Å². The topological polar surface area (TPSA) is 38.3 Å². The molecule has 2 aromatic carbocycles. The van der Waals surface area contributed by atoms with Crippen LogP contribution in [0, 0.1) is 0 Å². The fourth-order valence-corrected chi connectivity index (χ4v) is 2.24. The monoisotopic (exact) mass is 297 g/mol. The highest BCUT2D eigenvalue weighted by molar-refractivity contribution is 5.67. The maximum atomic E-state index is 11.5. The van der Waals surface area contributed by atoms with Gasteiger partial charge in [-0.15, -0.1) is 0 Å². The van der Waals surface area contributed by atoms with Crippen LogP contribution in [0.2, 0.25) is 0 Å². The fourth-order valence-electron chi connectivity index (χ4n) is 2.24. The molecule has 0 aliphatic heterocycles. The van der Waals surface area contributed by atoms with Gasteiger partial charge in [-0.1, -0.05) is 61.5 Å². The van der Waals surface area contributed by atoms with E-state index in [9.17, 15) is 4.79 Å². The van der Waals surface area contributed by atoms with Gasteiger partial charge < -0.3 is 10.1 Å². The van der Waals surface area contributed by atoms with Crippen molar-refractivity contribution in [2.45, 2.75) is 32.8 Å². The first-order valence-electron chi connectivity index (χ1n) is 7.66. The third kappa shape index (κ3) is 4.62. The maximum absolute atomic E-state index is 11.5. The van der Waals surface area contributed by atoms with E-state index in [0.29, 0.717) is 6.54 Å². The summed E-state index contributed by atoms with van der Waals surface area (Å²) in [5, 5.41) is 2.80. The van der Waals surface area contributed by atoms with Crippen LogP contribution in [0.25, 0.3) is 11.1 Å². The molecule has 116 valence electrons. The molecule has 22 heavy (non-hydrogen) atoms. The van der Waals surface area contributed by atoms with Crippen LogP contribution >= 0.6 is 0 Å². The Hall–Kier alpha value is -2.29. The minimum absolute atomic E-state index is 0.0968. The summed E-state index contributed by atoms with van der Waals surface area (Å²) in [5.41, 5.74) is 3.61. The molecule has 0 fully saturated rings. The fraction of sp³-hybridized carbons (Fsp3) is 0.316. The molecular formula is C19H23NO2. The number of hydrogen-bond donors (Lipinski definition) is 1. The molecule has 0 saturated heterocycles. The van der Waals surface area contributed by atoms with E-state index in [1.54, 1.807) is 0 Å². The molecule has 1 amide bonds. The molecule has 1 unspecified atom stereocenters. The SMILES string of the molecule is CC(C)OC(=O)NCC(C)c1ccc(-c2ccccc2)cc1. The molecule has 3 heteroatoms. The zero-order valence-electron chi connectivity index (χ0n) is 13.4. The highest BCUT2D eigenvalue weighted by Gasteiger charge is 2.09. The molecule has 3 nitrogen and oxygen atoms in total. The van der Waals surface area contributed by atoms with Gasteiger partial charge in [0.1, 0.15) is 0 Å². The van der Waals surface area contributed by atoms with Crippen LogP contribution in [-0.2, 0) is 4.74 Å². The third-order valence-corrected chi connectivity index (χ3v) is 3.48. The summed E-state index contributed by atoms with van der Waals surface area (Å²) in [7, 11) is 0. The lowest BCUT2D eigenvalue weighted by molar-refractivity contribution is 0.115.